The highest BCUT2D eigenvalue weighted by Crippen LogP contribution is 2.14. The Labute approximate surface area is 81.7 Å². The standard InChI is InChI=1S/C10H13F2NO/c1-7-2-3-8(9(13)4-7)5-14-6-10(11)12/h2-4,10H,5-6,13H2,1H3. The molecule has 4 heteroatoms. The molecule has 1 aromatic carbocycles. The average Bonchev–Trinajstić information content (AvgIpc) is 2.08. The van der Waals surface area contributed by atoms with Crippen molar-refractivity contribution < 1.29 is 13.5 Å². The predicted molar refractivity (Wildman–Crippen MR) is 51.3 cm³/mol. The lowest BCUT2D eigenvalue weighted by atomic mass is 10.1. The van der Waals surface area contributed by atoms with E-state index in [9.17, 15) is 8.78 Å². The van der Waals surface area contributed by atoms with Gasteiger partial charge in [-0.15, -0.1) is 0 Å². The lowest BCUT2D eigenvalue weighted by Gasteiger charge is -2.07. The quantitative estimate of drug-likeness (QED) is 0.759. The fraction of sp³-hybridized carbons (Fsp3) is 0.400. The van der Waals surface area contributed by atoms with E-state index in [4.69, 9.17) is 10.5 Å². The van der Waals surface area contributed by atoms with Gasteiger partial charge in [0.2, 0.25) is 0 Å². The van der Waals surface area contributed by atoms with Gasteiger partial charge in [-0.1, -0.05) is 12.1 Å². The maximum atomic E-state index is 11.7. The molecule has 0 spiro atoms. The van der Waals surface area contributed by atoms with Crippen molar-refractivity contribution in [1.29, 1.82) is 0 Å². The van der Waals surface area contributed by atoms with Crippen molar-refractivity contribution in [1.82, 2.24) is 0 Å². The van der Waals surface area contributed by atoms with E-state index in [1.165, 1.54) is 0 Å². The summed E-state index contributed by atoms with van der Waals surface area (Å²) < 4.78 is 28.3. The first-order valence-electron chi connectivity index (χ1n) is 4.30. The van der Waals surface area contributed by atoms with Crippen molar-refractivity contribution in [2.24, 2.45) is 0 Å². The molecule has 0 aliphatic rings. The zero-order valence-electron chi connectivity index (χ0n) is 7.97. The fourth-order valence-corrected chi connectivity index (χ4v) is 1.10. The molecule has 2 N–H and O–H groups in total. The molecular weight excluding hydrogens is 188 g/mol. The fourth-order valence-electron chi connectivity index (χ4n) is 1.10. The summed E-state index contributed by atoms with van der Waals surface area (Å²) in [4.78, 5) is 0. The van der Waals surface area contributed by atoms with E-state index in [2.05, 4.69) is 0 Å². The van der Waals surface area contributed by atoms with Gasteiger partial charge in [-0.2, -0.15) is 0 Å². The molecule has 0 heterocycles. The van der Waals surface area contributed by atoms with Crippen LogP contribution in [0.4, 0.5) is 14.5 Å². The molecule has 0 bridgehead atoms. The van der Waals surface area contributed by atoms with Crippen LogP contribution in [-0.2, 0) is 11.3 Å². The minimum atomic E-state index is -2.43. The summed E-state index contributed by atoms with van der Waals surface area (Å²) in [6.45, 7) is 1.50. The Morgan fingerprint density at radius 3 is 2.71 bits per heavy atom. The first-order valence-corrected chi connectivity index (χ1v) is 4.30. The molecule has 0 atom stereocenters. The van der Waals surface area contributed by atoms with Gasteiger partial charge in [0, 0.05) is 11.3 Å². The van der Waals surface area contributed by atoms with Gasteiger partial charge < -0.3 is 10.5 Å². The van der Waals surface area contributed by atoms with Gasteiger partial charge in [-0.25, -0.2) is 8.78 Å². The van der Waals surface area contributed by atoms with Crippen LogP contribution >= 0.6 is 0 Å². The van der Waals surface area contributed by atoms with Crippen molar-refractivity contribution >= 4 is 5.69 Å². The van der Waals surface area contributed by atoms with Gasteiger partial charge in [0.15, 0.2) is 0 Å². The molecule has 0 aromatic heterocycles. The molecule has 0 aliphatic carbocycles. The second-order valence-corrected chi connectivity index (χ2v) is 3.11. The monoisotopic (exact) mass is 201 g/mol. The Bertz CT molecular complexity index is 302. The van der Waals surface area contributed by atoms with Gasteiger partial charge in [-0.3, -0.25) is 0 Å². The largest absolute Gasteiger partial charge is 0.398 e. The van der Waals surface area contributed by atoms with Gasteiger partial charge in [-0.05, 0) is 18.6 Å². The lowest BCUT2D eigenvalue weighted by molar-refractivity contribution is 0.0100. The highest BCUT2D eigenvalue weighted by atomic mass is 19.3. The van der Waals surface area contributed by atoms with E-state index < -0.39 is 13.0 Å². The highest BCUT2D eigenvalue weighted by molar-refractivity contribution is 5.48. The molecule has 0 amide bonds. The second-order valence-electron chi connectivity index (χ2n) is 3.11. The molecule has 1 aromatic rings. The van der Waals surface area contributed by atoms with Crippen LogP contribution in [0.1, 0.15) is 11.1 Å². The SMILES string of the molecule is Cc1ccc(COCC(F)F)c(N)c1. The van der Waals surface area contributed by atoms with E-state index in [0.29, 0.717) is 5.69 Å². The van der Waals surface area contributed by atoms with E-state index in [0.717, 1.165) is 11.1 Å². The van der Waals surface area contributed by atoms with Gasteiger partial charge in [0.25, 0.3) is 6.43 Å². The van der Waals surface area contributed by atoms with Crippen molar-refractivity contribution in [2.75, 3.05) is 12.3 Å². The van der Waals surface area contributed by atoms with Gasteiger partial charge in [0.05, 0.1) is 6.61 Å². The third-order valence-corrected chi connectivity index (χ3v) is 1.80. The number of rotatable bonds is 4. The molecule has 78 valence electrons. The van der Waals surface area contributed by atoms with Crippen LogP contribution in [0.15, 0.2) is 18.2 Å². The van der Waals surface area contributed by atoms with Crippen LogP contribution in [-0.4, -0.2) is 13.0 Å². The molecule has 2 nitrogen and oxygen atoms in total. The minimum Gasteiger partial charge on any atom is -0.398 e. The summed E-state index contributed by atoms with van der Waals surface area (Å²) in [6.07, 6.45) is -2.43. The number of hydrogen-bond donors (Lipinski definition) is 1. The molecule has 0 saturated carbocycles. The summed E-state index contributed by atoms with van der Waals surface area (Å²) in [7, 11) is 0. The summed E-state index contributed by atoms with van der Waals surface area (Å²) in [5, 5.41) is 0. The van der Waals surface area contributed by atoms with Crippen LogP contribution in [0.5, 0.6) is 0 Å². The predicted octanol–water partition coefficient (Wildman–Crippen LogP) is 2.36. The minimum absolute atomic E-state index is 0.135. The van der Waals surface area contributed by atoms with E-state index >= 15 is 0 Å². The van der Waals surface area contributed by atoms with Crippen molar-refractivity contribution in [3.8, 4) is 0 Å². The zero-order chi connectivity index (χ0) is 10.6. The number of halogens is 2. The molecule has 0 saturated heterocycles. The molecule has 1 rings (SSSR count). The third-order valence-electron chi connectivity index (χ3n) is 1.80. The second kappa shape index (κ2) is 4.91. The summed E-state index contributed by atoms with van der Waals surface area (Å²) in [5.41, 5.74) is 8.04. The number of anilines is 1. The number of ether oxygens (including phenoxy) is 1. The summed E-state index contributed by atoms with van der Waals surface area (Å²) >= 11 is 0. The number of alkyl halides is 2. The first-order chi connectivity index (χ1) is 6.59. The van der Waals surface area contributed by atoms with Crippen LogP contribution < -0.4 is 5.73 Å². The van der Waals surface area contributed by atoms with Gasteiger partial charge in [0.1, 0.15) is 6.61 Å². The molecule has 0 unspecified atom stereocenters. The zero-order valence-corrected chi connectivity index (χ0v) is 7.97. The summed E-state index contributed by atoms with van der Waals surface area (Å²) in [5.74, 6) is 0. The first kappa shape index (κ1) is 10.9. The summed E-state index contributed by atoms with van der Waals surface area (Å²) in [6, 6.07) is 5.45. The number of nitrogens with two attached hydrogens (primary N) is 1. The van der Waals surface area contributed by atoms with E-state index in [1.54, 1.807) is 12.1 Å². The highest BCUT2D eigenvalue weighted by Gasteiger charge is 2.04. The Morgan fingerprint density at radius 2 is 2.14 bits per heavy atom. The Morgan fingerprint density at radius 1 is 1.43 bits per heavy atom. The van der Waals surface area contributed by atoms with Crippen molar-refractivity contribution in [3.63, 3.8) is 0 Å². The number of aryl methyl sites for hydroxylation is 1. The molecule has 0 aliphatic heterocycles. The van der Waals surface area contributed by atoms with Crippen LogP contribution in [0, 0.1) is 6.92 Å². The Balaban J connectivity index is 2.51. The molecule has 14 heavy (non-hydrogen) atoms. The van der Waals surface area contributed by atoms with E-state index in [-0.39, 0.29) is 6.61 Å². The lowest BCUT2D eigenvalue weighted by Crippen LogP contribution is -2.05. The normalized spacial score (nSPS) is 10.9. The number of benzene rings is 1. The number of nitrogen functional groups attached to an aromatic ring is 1. The number of hydrogen-bond acceptors (Lipinski definition) is 2. The molecule has 0 radical (unpaired) electrons. The third kappa shape index (κ3) is 3.30. The Kier molecular flexibility index (Phi) is 3.83. The van der Waals surface area contributed by atoms with Crippen LogP contribution in [0.25, 0.3) is 0 Å². The smallest absolute Gasteiger partial charge is 0.261 e. The van der Waals surface area contributed by atoms with Crippen molar-refractivity contribution in [2.45, 2.75) is 20.0 Å². The van der Waals surface area contributed by atoms with Gasteiger partial charge >= 0.3 is 0 Å². The Hall–Kier alpha value is -1.16. The van der Waals surface area contributed by atoms with E-state index in [1.807, 2.05) is 13.0 Å². The van der Waals surface area contributed by atoms with Crippen LogP contribution in [0.3, 0.4) is 0 Å². The average molecular weight is 201 g/mol. The molecular formula is C10H13F2NO. The van der Waals surface area contributed by atoms with Crippen LogP contribution in [0.2, 0.25) is 0 Å². The molecule has 0 fully saturated rings. The maximum Gasteiger partial charge on any atom is 0.261 e. The maximum absolute atomic E-state index is 11.7. The van der Waals surface area contributed by atoms with Crippen molar-refractivity contribution in [3.05, 3.63) is 29.3 Å². The topological polar surface area (TPSA) is 35.2 Å².